The maximum Gasteiger partial charge on any atom is 0.160 e. The summed E-state index contributed by atoms with van der Waals surface area (Å²) in [5, 5.41) is 13.2. The quantitative estimate of drug-likeness (QED) is 0.841. The predicted octanol–water partition coefficient (Wildman–Crippen LogP) is 3.24. The highest BCUT2D eigenvalue weighted by Gasteiger charge is 2.25. The third-order valence-electron chi connectivity index (χ3n) is 4.07. The van der Waals surface area contributed by atoms with Crippen LogP contribution in [0.3, 0.4) is 0 Å². The molecule has 2 rings (SSSR count). The normalized spacial score (nSPS) is 19.1. The second-order valence-corrected chi connectivity index (χ2v) is 5.30. The van der Waals surface area contributed by atoms with Crippen LogP contribution < -0.4 is 10.1 Å². The van der Waals surface area contributed by atoms with Crippen LogP contribution >= 0.6 is 0 Å². The van der Waals surface area contributed by atoms with E-state index in [0.29, 0.717) is 11.8 Å². The van der Waals surface area contributed by atoms with E-state index < -0.39 is 0 Å². The number of phenols is 1. The van der Waals surface area contributed by atoms with Crippen LogP contribution in [0.5, 0.6) is 11.5 Å². The van der Waals surface area contributed by atoms with E-state index in [4.69, 9.17) is 4.74 Å². The van der Waals surface area contributed by atoms with Crippen molar-refractivity contribution in [2.75, 3.05) is 7.11 Å². The third kappa shape index (κ3) is 2.78. The van der Waals surface area contributed by atoms with Crippen molar-refractivity contribution < 1.29 is 9.84 Å². The highest BCUT2D eigenvalue weighted by molar-refractivity contribution is 5.42. The van der Waals surface area contributed by atoms with Crippen molar-refractivity contribution >= 4 is 0 Å². The molecule has 0 bridgehead atoms. The molecule has 2 unspecified atom stereocenters. The van der Waals surface area contributed by atoms with Crippen LogP contribution in [0.15, 0.2) is 18.2 Å². The number of hydrogen-bond acceptors (Lipinski definition) is 3. The molecule has 3 nitrogen and oxygen atoms in total. The van der Waals surface area contributed by atoms with Crippen LogP contribution in [0.2, 0.25) is 0 Å². The second kappa shape index (κ2) is 5.61. The number of rotatable bonds is 5. The number of nitrogens with one attached hydrogen (secondary N) is 1. The van der Waals surface area contributed by atoms with E-state index >= 15 is 0 Å². The standard InChI is InChI=1S/C15H23NO2/c1-10(12-5-4-6-12)16-11(2)13-7-8-14(17)15(9-13)18-3/h7-12,16-17H,4-6H2,1-3H3. The lowest BCUT2D eigenvalue weighted by molar-refractivity contribution is 0.229. The Morgan fingerprint density at radius 2 is 2.06 bits per heavy atom. The monoisotopic (exact) mass is 249 g/mol. The van der Waals surface area contributed by atoms with Crippen molar-refractivity contribution in [2.45, 2.75) is 45.2 Å². The van der Waals surface area contributed by atoms with Gasteiger partial charge in [-0.25, -0.2) is 0 Å². The maximum atomic E-state index is 9.59. The molecule has 0 saturated heterocycles. The van der Waals surface area contributed by atoms with E-state index in [1.54, 1.807) is 13.2 Å². The molecular weight excluding hydrogens is 226 g/mol. The summed E-state index contributed by atoms with van der Waals surface area (Å²) in [6.45, 7) is 4.42. The number of aromatic hydroxyl groups is 1. The van der Waals surface area contributed by atoms with Crippen molar-refractivity contribution in [1.29, 1.82) is 0 Å². The number of benzene rings is 1. The van der Waals surface area contributed by atoms with Gasteiger partial charge in [-0.2, -0.15) is 0 Å². The van der Waals surface area contributed by atoms with Gasteiger partial charge in [-0.05, 0) is 50.3 Å². The van der Waals surface area contributed by atoms with Crippen LogP contribution in [0.4, 0.5) is 0 Å². The van der Waals surface area contributed by atoms with E-state index in [-0.39, 0.29) is 11.8 Å². The van der Waals surface area contributed by atoms with Gasteiger partial charge in [0.1, 0.15) is 0 Å². The van der Waals surface area contributed by atoms with Gasteiger partial charge in [0.15, 0.2) is 11.5 Å². The van der Waals surface area contributed by atoms with E-state index in [1.165, 1.54) is 19.3 Å². The lowest BCUT2D eigenvalue weighted by Crippen LogP contribution is -2.38. The molecule has 0 spiro atoms. The summed E-state index contributed by atoms with van der Waals surface area (Å²) in [6.07, 6.45) is 4.07. The minimum Gasteiger partial charge on any atom is -0.504 e. The summed E-state index contributed by atoms with van der Waals surface area (Å²) in [7, 11) is 1.58. The van der Waals surface area contributed by atoms with Gasteiger partial charge < -0.3 is 15.2 Å². The minimum atomic E-state index is 0.195. The topological polar surface area (TPSA) is 41.5 Å². The summed E-state index contributed by atoms with van der Waals surface area (Å²) < 4.78 is 5.14. The first-order valence-electron chi connectivity index (χ1n) is 6.74. The molecule has 3 heteroatoms. The summed E-state index contributed by atoms with van der Waals surface area (Å²) in [6, 6.07) is 6.37. The van der Waals surface area contributed by atoms with Crippen LogP contribution in [-0.2, 0) is 0 Å². The zero-order chi connectivity index (χ0) is 13.1. The fourth-order valence-electron chi connectivity index (χ4n) is 2.53. The molecule has 1 aliphatic rings. The van der Waals surface area contributed by atoms with Crippen molar-refractivity contribution in [3.05, 3.63) is 23.8 Å². The predicted molar refractivity (Wildman–Crippen MR) is 73.0 cm³/mol. The smallest absolute Gasteiger partial charge is 0.160 e. The minimum absolute atomic E-state index is 0.195. The Morgan fingerprint density at radius 3 is 2.61 bits per heavy atom. The molecule has 0 aromatic heterocycles. The maximum absolute atomic E-state index is 9.59. The molecule has 0 radical (unpaired) electrons. The average Bonchev–Trinajstić information content (AvgIpc) is 2.26. The molecule has 18 heavy (non-hydrogen) atoms. The van der Waals surface area contributed by atoms with E-state index in [0.717, 1.165) is 11.5 Å². The van der Waals surface area contributed by atoms with Gasteiger partial charge in [-0.1, -0.05) is 12.5 Å². The van der Waals surface area contributed by atoms with Gasteiger partial charge in [0.05, 0.1) is 7.11 Å². The Kier molecular flexibility index (Phi) is 4.12. The van der Waals surface area contributed by atoms with Gasteiger partial charge in [0.2, 0.25) is 0 Å². The number of methoxy groups -OCH3 is 1. The molecule has 1 fully saturated rings. The van der Waals surface area contributed by atoms with E-state index in [2.05, 4.69) is 19.2 Å². The molecule has 0 amide bonds. The van der Waals surface area contributed by atoms with Crippen LogP contribution in [0.25, 0.3) is 0 Å². The van der Waals surface area contributed by atoms with Gasteiger partial charge in [0.25, 0.3) is 0 Å². The summed E-state index contributed by atoms with van der Waals surface area (Å²) in [5.41, 5.74) is 1.15. The largest absolute Gasteiger partial charge is 0.504 e. The van der Waals surface area contributed by atoms with E-state index in [9.17, 15) is 5.11 Å². The lowest BCUT2D eigenvalue weighted by atomic mass is 9.80. The second-order valence-electron chi connectivity index (χ2n) is 5.30. The Bertz CT molecular complexity index is 401. The molecule has 2 N–H and O–H groups in total. The molecule has 100 valence electrons. The highest BCUT2D eigenvalue weighted by atomic mass is 16.5. The molecule has 1 aromatic carbocycles. The first-order chi connectivity index (χ1) is 8.61. The average molecular weight is 249 g/mol. The molecular formula is C15H23NO2. The van der Waals surface area contributed by atoms with Crippen molar-refractivity contribution in [1.82, 2.24) is 5.32 Å². The third-order valence-corrected chi connectivity index (χ3v) is 4.07. The first kappa shape index (κ1) is 13.2. The zero-order valence-corrected chi connectivity index (χ0v) is 11.4. The summed E-state index contributed by atoms with van der Waals surface area (Å²) in [4.78, 5) is 0. The molecule has 1 aromatic rings. The van der Waals surface area contributed by atoms with Gasteiger partial charge in [-0.3, -0.25) is 0 Å². The number of ether oxygens (including phenoxy) is 1. The number of hydrogen-bond donors (Lipinski definition) is 2. The molecule has 0 aliphatic heterocycles. The first-order valence-corrected chi connectivity index (χ1v) is 6.74. The SMILES string of the molecule is COc1cc(C(C)NC(C)C2CCC2)ccc1O. The summed E-state index contributed by atoms with van der Waals surface area (Å²) >= 11 is 0. The Hall–Kier alpha value is -1.22. The van der Waals surface area contributed by atoms with Gasteiger partial charge in [-0.15, -0.1) is 0 Å². The fourth-order valence-corrected chi connectivity index (χ4v) is 2.53. The highest BCUT2D eigenvalue weighted by Crippen LogP contribution is 2.32. The molecule has 2 atom stereocenters. The van der Waals surface area contributed by atoms with Crippen molar-refractivity contribution in [2.24, 2.45) is 5.92 Å². The Labute approximate surface area is 109 Å². The Morgan fingerprint density at radius 1 is 1.33 bits per heavy atom. The van der Waals surface area contributed by atoms with Crippen LogP contribution in [0.1, 0.15) is 44.7 Å². The molecule has 1 saturated carbocycles. The van der Waals surface area contributed by atoms with Crippen molar-refractivity contribution in [3.8, 4) is 11.5 Å². The fraction of sp³-hybridized carbons (Fsp3) is 0.600. The number of phenolic OH excluding ortho intramolecular Hbond substituents is 1. The summed E-state index contributed by atoms with van der Waals surface area (Å²) in [5.74, 6) is 1.56. The van der Waals surface area contributed by atoms with Gasteiger partial charge in [0, 0.05) is 12.1 Å². The van der Waals surface area contributed by atoms with Gasteiger partial charge >= 0.3 is 0 Å². The molecule has 1 aliphatic carbocycles. The Balaban J connectivity index is 2.01. The van der Waals surface area contributed by atoms with E-state index in [1.807, 2.05) is 12.1 Å². The van der Waals surface area contributed by atoms with Crippen molar-refractivity contribution in [3.63, 3.8) is 0 Å². The zero-order valence-electron chi connectivity index (χ0n) is 11.4. The molecule has 0 heterocycles. The van der Waals surface area contributed by atoms with Crippen LogP contribution in [0, 0.1) is 5.92 Å². The lowest BCUT2D eigenvalue weighted by Gasteiger charge is -2.34. The van der Waals surface area contributed by atoms with Crippen LogP contribution in [-0.4, -0.2) is 18.3 Å².